The van der Waals surface area contributed by atoms with Crippen molar-refractivity contribution in [1.82, 2.24) is 15.0 Å². The summed E-state index contributed by atoms with van der Waals surface area (Å²) in [5.41, 5.74) is 0.975. The summed E-state index contributed by atoms with van der Waals surface area (Å²) in [7, 11) is 2.52. The molecule has 0 aliphatic rings. The molecule has 1 aromatic carbocycles. The monoisotopic (exact) mass is 337 g/mol. The molecule has 2 rings (SSSR count). The number of nitrogens with zero attached hydrogens (tertiary/aromatic N) is 5. The predicted octanol–water partition coefficient (Wildman–Crippen LogP) is 1.08. The van der Waals surface area contributed by atoms with Gasteiger partial charge >= 0.3 is 6.01 Å². The molecule has 0 fully saturated rings. The summed E-state index contributed by atoms with van der Waals surface area (Å²) in [6.07, 6.45) is 0. The van der Waals surface area contributed by atoms with E-state index in [0.717, 1.165) is 9.87 Å². The van der Waals surface area contributed by atoms with Gasteiger partial charge in [0.15, 0.2) is 0 Å². The summed E-state index contributed by atoms with van der Waals surface area (Å²) in [5.74, 6) is 0.291. The Balaban J connectivity index is 2.48. The molecule has 0 amide bonds. The van der Waals surface area contributed by atoms with Crippen molar-refractivity contribution in [2.45, 2.75) is 11.8 Å². The number of aryl methyl sites for hydroxylation is 1. The molecule has 0 saturated heterocycles. The first-order chi connectivity index (χ1) is 10.8. The number of hydrogen-bond donors (Lipinski definition) is 0. The first kappa shape index (κ1) is 16.9. The smallest absolute Gasteiger partial charge is 0.322 e. The molecule has 0 spiro atoms. The summed E-state index contributed by atoms with van der Waals surface area (Å²) in [5, 5.41) is 0. The van der Waals surface area contributed by atoms with Gasteiger partial charge in [-0.3, -0.25) is 0 Å². The molecule has 0 unspecified atom stereocenters. The van der Waals surface area contributed by atoms with Crippen LogP contribution in [0.2, 0.25) is 0 Å². The fraction of sp³-hybridized carbons (Fsp3) is 0.357. The minimum atomic E-state index is -3.77. The standard InChI is InChI=1S/C14H19N5O3S/c1-10-6-8-11(9-7-10)23(20,21)19(4)13-15-12(18(2)3)16-14(17-13)22-5/h6-9H,1-5H3. The lowest BCUT2D eigenvalue weighted by Gasteiger charge is -2.19. The van der Waals surface area contributed by atoms with Crippen molar-refractivity contribution < 1.29 is 13.2 Å². The third-order valence-electron chi connectivity index (χ3n) is 3.13. The second-order valence-corrected chi connectivity index (χ2v) is 7.07. The fourth-order valence-corrected chi connectivity index (χ4v) is 2.84. The van der Waals surface area contributed by atoms with Crippen molar-refractivity contribution in [2.24, 2.45) is 0 Å². The summed E-state index contributed by atoms with van der Waals surface area (Å²) in [6.45, 7) is 1.89. The van der Waals surface area contributed by atoms with E-state index in [2.05, 4.69) is 15.0 Å². The Kier molecular flexibility index (Phi) is 4.69. The number of hydrogen-bond acceptors (Lipinski definition) is 7. The molecule has 8 nitrogen and oxygen atoms in total. The van der Waals surface area contributed by atoms with Crippen LogP contribution in [0.1, 0.15) is 5.56 Å². The molecular formula is C14H19N5O3S. The number of aromatic nitrogens is 3. The van der Waals surface area contributed by atoms with Gasteiger partial charge in [0.25, 0.3) is 10.0 Å². The maximum atomic E-state index is 12.7. The van der Waals surface area contributed by atoms with Crippen LogP contribution in [-0.2, 0) is 10.0 Å². The third kappa shape index (κ3) is 3.50. The zero-order chi connectivity index (χ0) is 17.2. The molecule has 0 aliphatic heterocycles. The van der Waals surface area contributed by atoms with Gasteiger partial charge in [0.1, 0.15) is 0 Å². The van der Waals surface area contributed by atoms with E-state index in [4.69, 9.17) is 4.74 Å². The van der Waals surface area contributed by atoms with Gasteiger partial charge in [-0.15, -0.1) is 0 Å². The molecule has 0 N–H and O–H groups in total. The molecule has 1 aromatic heterocycles. The highest BCUT2D eigenvalue weighted by molar-refractivity contribution is 7.92. The van der Waals surface area contributed by atoms with Crippen molar-refractivity contribution in [3.63, 3.8) is 0 Å². The lowest BCUT2D eigenvalue weighted by molar-refractivity contribution is 0.379. The SMILES string of the molecule is COc1nc(N(C)C)nc(N(C)S(=O)(=O)c2ccc(C)cc2)n1. The lowest BCUT2D eigenvalue weighted by Crippen LogP contribution is -2.29. The summed E-state index contributed by atoms with van der Waals surface area (Å²) >= 11 is 0. The molecule has 23 heavy (non-hydrogen) atoms. The molecule has 0 bridgehead atoms. The van der Waals surface area contributed by atoms with Crippen LogP contribution in [0.25, 0.3) is 0 Å². The Bertz CT molecular complexity index is 791. The number of anilines is 2. The quantitative estimate of drug-likeness (QED) is 0.806. The Hall–Kier alpha value is -2.42. The molecular weight excluding hydrogens is 318 g/mol. The number of sulfonamides is 1. The maximum absolute atomic E-state index is 12.7. The summed E-state index contributed by atoms with van der Waals surface area (Å²) < 4.78 is 31.4. The van der Waals surface area contributed by atoms with Gasteiger partial charge in [-0.1, -0.05) is 17.7 Å². The number of rotatable bonds is 5. The number of methoxy groups -OCH3 is 1. The molecule has 0 saturated carbocycles. The van der Waals surface area contributed by atoms with Crippen molar-refractivity contribution in [2.75, 3.05) is 37.5 Å². The summed E-state index contributed by atoms with van der Waals surface area (Å²) in [6, 6.07) is 6.61. The van der Waals surface area contributed by atoms with Crippen molar-refractivity contribution in [3.8, 4) is 6.01 Å². The topological polar surface area (TPSA) is 88.5 Å². The van der Waals surface area contributed by atoms with Crippen LogP contribution < -0.4 is 13.9 Å². The second kappa shape index (κ2) is 6.37. The van der Waals surface area contributed by atoms with E-state index in [1.807, 2.05) is 6.92 Å². The van der Waals surface area contributed by atoms with Crippen molar-refractivity contribution in [1.29, 1.82) is 0 Å². The van der Waals surface area contributed by atoms with Crippen molar-refractivity contribution >= 4 is 21.9 Å². The van der Waals surface area contributed by atoms with Gasteiger partial charge in [-0.25, -0.2) is 12.7 Å². The first-order valence-electron chi connectivity index (χ1n) is 6.78. The van der Waals surface area contributed by atoms with E-state index < -0.39 is 10.0 Å². The normalized spacial score (nSPS) is 11.2. The zero-order valence-electron chi connectivity index (χ0n) is 13.7. The van der Waals surface area contributed by atoms with Crippen LogP contribution in [-0.4, -0.2) is 51.6 Å². The Morgan fingerprint density at radius 3 is 2.04 bits per heavy atom. The van der Waals surface area contributed by atoms with Crippen LogP contribution in [0.3, 0.4) is 0 Å². The van der Waals surface area contributed by atoms with Gasteiger partial charge in [-0.2, -0.15) is 15.0 Å². The van der Waals surface area contributed by atoms with Crippen LogP contribution in [0.5, 0.6) is 6.01 Å². The minimum absolute atomic E-state index is 0.0128. The molecule has 0 radical (unpaired) electrons. The molecule has 1 heterocycles. The third-order valence-corrected chi connectivity index (χ3v) is 4.89. The van der Waals surface area contributed by atoms with Crippen molar-refractivity contribution in [3.05, 3.63) is 29.8 Å². The van der Waals surface area contributed by atoms with E-state index in [-0.39, 0.29) is 16.9 Å². The highest BCUT2D eigenvalue weighted by atomic mass is 32.2. The maximum Gasteiger partial charge on any atom is 0.322 e. The van der Waals surface area contributed by atoms with Gasteiger partial charge in [0.2, 0.25) is 11.9 Å². The summed E-state index contributed by atoms with van der Waals surface area (Å²) in [4.78, 5) is 14.0. The van der Waals surface area contributed by atoms with Crippen LogP contribution in [0.15, 0.2) is 29.2 Å². The van der Waals surface area contributed by atoms with Crippen LogP contribution in [0.4, 0.5) is 11.9 Å². The molecule has 124 valence electrons. The second-order valence-electron chi connectivity index (χ2n) is 5.10. The van der Waals surface area contributed by atoms with Gasteiger partial charge in [-0.05, 0) is 19.1 Å². The zero-order valence-corrected chi connectivity index (χ0v) is 14.5. The molecule has 9 heteroatoms. The Morgan fingerprint density at radius 2 is 1.52 bits per heavy atom. The Morgan fingerprint density at radius 1 is 0.957 bits per heavy atom. The van der Waals surface area contributed by atoms with E-state index in [1.165, 1.54) is 14.2 Å². The lowest BCUT2D eigenvalue weighted by atomic mass is 10.2. The number of ether oxygens (including phenoxy) is 1. The predicted molar refractivity (Wildman–Crippen MR) is 87.5 cm³/mol. The van der Waals surface area contributed by atoms with Crippen LogP contribution >= 0.6 is 0 Å². The highest BCUT2D eigenvalue weighted by Crippen LogP contribution is 2.22. The molecule has 2 aromatic rings. The van der Waals surface area contributed by atoms with E-state index in [9.17, 15) is 8.42 Å². The average Bonchev–Trinajstić information content (AvgIpc) is 2.53. The molecule has 0 aliphatic carbocycles. The molecule has 0 atom stereocenters. The fourth-order valence-electron chi connectivity index (χ4n) is 1.74. The highest BCUT2D eigenvalue weighted by Gasteiger charge is 2.25. The Labute approximate surface area is 135 Å². The largest absolute Gasteiger partial charge is 0.467 e. The first-order valence-corrected chi connectivity index (χ1v) is 8.22. The average molecular weight is 337 g/mol. The van der Waals surface area contributed by atoms with Gasteiger partial charge in [0, 0.05) is 21.1 Å². The van der Waals surface area contributed by atoms with E-state index >= 15 is 0 Å². The van der Waals surface area contributed by atoms with E-state index in [1.54, 1.807) is 43.3 Å². The van der Waals surface area contributed by atoms with Crippen LogP contribution in [0, 0.1) is 6.92 Å². The van der Waals surface area contributed by atoms with E-state index in [0.29, 0.717) is 5.95 Å². The number of benzene rings is 1. The minimum Gasteiger partial charge on any atom is -0.467 e. The van der Waals surface area contributed by atoms with Gasteiger partial charge < -0.3 is 9.64 Å². The van der Waals surface area contributed by atoms with Gasteiger partial charge in [0.05, 0.1) is 12.0 Å².